The normalized spacial score (nSPS) is 12.3. The SMILES string of the molecule is CC(CCn1nnnc1-c1ccccc1I)C(=O)O. The molecule has 2 aromatic rings. The Morgan fingerprint density at radius 3 is 2.89 bits per heavy atom. The summed E-state index contributed by atoms with van der Waals surface area (Å²) in [5.74, 6) is -0.543. The summed E-state index contributed by atoms with van der Waals surface area (Å²) in [7, 11) is 0. The van der Waals surface area contributed by atoms with Gasteiger partial charge in [-0.25, -0.2) is 4.68 Å². The van der Waals surface area contributed by atoms with E-state index in [2.05, 4.69) is 38.1 Å². The minimum absolute atomic E-state index is 0.410. The lowest BCUT2D eigenvalue weighted by molar-refractivity contribution is -0.141. The quantitative estimate of drug-likeness (QED) is 0.813. The van der Waals surface area contributed by atoms with Crippen LogP contribution in [0.4, 0.5) is 0 Å². The molecule has 0 aliphatic heterocycles. The van der Waals surface area contributed by atoms with Crippen LogP contribution in [0.25, 0.3) is 11.4 Å². The Morgan fingerprint density at radius 2 is 2.21 bits per heavy atom. The summed E-state index contributed by atoms with van der Waals surface area (Å²) in [4.78, 5) is 10.8. The average Bonchev–Trinajstić information content (AvgIpc) is 2.84. The van der Waals surface area contributed by atoms with E-state index in [0.717, 1.165) is 9.13 Å². The molecular weight excluding hydrogens is 359 g/mol. The van der Waals surface area contributed by atoms with Gasteiger partial charge in [-0.15, -0.1) is 5.10 Å². The highest BCUT2D eigenvalue weighted by molar-refractivity contribution is 14.1. The third kappa shape index (κ3) is 3.28. The van der Waals surface area contributed by atoms with Crippen molar-refractivity contribution in [3.63, 3.8) is 0 Å². The van der Waals surface area contributed by atoms with Gasteiger partial charge >= 0.3 is 5.97 Å². The van der Waals surface area contributed by atoms with Crippen molar-refractivity contribution in [3.8, 4) is 11.4 Å². The zero-order valence-electron chi connectivity index (χ0n) is 10.3. The summed E-state index contributed by atoms with van der Waals surface area (Å²) < 4.78 is 2.71. The summed E-state index contributed by atoms with van der Waals surface area (Å²) in [6.45, 7) is 2.17. The fraction of sp³-hybridized carbons (Fsp3) is 0.333. The molecule has 1 unspecified atom stereocenters. The topological polar surface area (TPSA) is 80.9 Å². The highest BCUT2D eigenvalue weighted by Gasteiger charge is 2.15. The monoisotopic (exact) mass is 372 g/mol. The standard InChI is InChI=1S/C12H13IN4O2/c1-8(12(18)19)6-7-17-11(14-15-16-17)9-4-2-3-5-10(9)13/h2-5,8H,6-7H2,1H3,(H,18,19). The molecule has 0 saturated heterocycles. The zero-order chi connectivity index (χ0) is 13.8. The molecule has 0 amide bonds. The van der Waals surface area contributed by atoms with E-state index in [4.69, 9.17) is 5.11 Å². The number of carbonyl (C=O) groups is 1. The average molecular weight is 372 g/mol. The number of benzene rings is 1. The maximum Gasteiger partial charge on any atom is 0.306 e. The van der Waals surface area contributed by atoms with Crippen LogP contribution in [0, 0.1) is 9.49 Å². The first-order chi connectivity index (χ1) is 9.09. The first kappa shape index (κ1) is 13.9. The van der Waals surface area contributed by atoms with E-state index in [9.17, 15) is 4.79 Å². The number of rotatable bonds is 5. The molecule has 1 N–H and O–H groups in total. The summed E-state index contributed by atoms with van der Waals surface area (Å²) in [5, 5.41) is 20.5. The van der Waals surface area contributed by atoms with Gasteiger partial charge in [0.25, 0.3) is 0 Å². The Hall–Kier alpha value is -1.51. The molecule has 0 bridgehead atoms. The third-order valence-corrected chi connectivity index (χ3v) is 3.78. The van der Waals surface area contributed by atoms with E-state index in [1.54, 1.807) is 11.6 Å². The molecule has 19 heavy (non-hydrogen) atoms. The van der Waals surface area contributed by atoms with Crippen LogP contribution in [0.15, 0.2) is 24.3 Å². The lowest BCUT2D eigenvalue weighted by Gasteiger charge is -2.08. The number of halogens is 1. The molecule has 6 nitrogen and oxygen atoms in total. The maximum absolute atomic E-state index is 10.8. The van der Waals surface area contributed by atoms with Gasteiger partial charge in [0, 0.05) is 15.7 Å². The van der Waals surface area contributed by atoms with Crippen molar-refractivity contribution >= 4 is 28.6 Å². The Bertz CT molecular complexity index is 585. The van der Waals surface area contributed by atoms with Gasteiger partial charge in [0.2, 0.25) is 0 Å². The van der Waals surface area contributed by atoms with Crippen LogP contribution >= 0.6 is 22.6 Å². The number of hydrogen-bond donors (Lipinski definition) is 1. The number of aromatic nitrogens is 4. The highest BCUT2D eigenvalue weighted by atomic mass is 127. The van der Waals surface area contributed by atoms with Gasteiger partial charge in [0.15, 0.2) is 5.82 Å². The van der Waals surface area contributed by atoms with Gasteiger partial charge in [0.05, 0.1) is 5.92 Å². The molecular formula is C12H13IN4O2. The second-order valence-corrected chi connectivity index (χ2v) is 5.40. The minimum atomic E-state index is -0.802. The van der Waals surface area contributed by atoms with Crippen molar-refractivity contribution in [2.45, 2.75) is 19.9 Å². The number of nitrogens with zero attached hydrogens (tertiary/aromatic N) is 4. The molecule has 0 fully saturated rings. The second-order valence-electron chi connectivity index (χ2n) is 4.23. The predicted molar refractivity (Wildman–Crippen MR) is 77.4 cm³/mol. The van der Waals surface area contributed by atoms with Crippen molar-refractivity contribution in [2.24, 2.45) is 5.92 Å². The van der Waals surface area contributed by atoms with Crippen LogP contribution in [0.2, 0.25) is 0 Å². The Kier molecular flexibility index (Phi) is 4.46. The van der Waals surface area contributed by atoms with Gasteiger partial charge < -0.3 is 5.11 Å². The largest absolute Gasteiger partial charge is 0.481 e. The van der Waals surface area contributed by atoms with E-state index in [1.165, 1.54) is 0 Å². The smallest absolute Gasteiger partial charge is 0.306 e. The maximum atomic E-state index is 10.8. The third-order valence-electron chi connectivity index (χ3n) is 2.84. The Morgan fingerprint density at radius 1 is 1.47 bits per heavy atom. The molecule has 1 atom stereocenters. The highest BCUT2D eigenvalue weighted by Crippen LogP contribution is 2.22. The van der Waals surface area contributed by atoms with Gasteiger partial charge in [-0.3, -0.25) is 4.79 Å². The van der Waals surface area contributed by atoms with Crippen molar-refractivity contribution in [2.75, 3.05) is 0 Å². The number of carboxylic acids is 1. The first-order valence-corrected chi connectivity index (χ1v) is 6.91. The van der Waals surface area contributed by atoms with Gasteiger partial charge in [-0.2, -0.15) is 0 Å². The van der Waals surface area contributed by atoms with E-state index >= 15 is 0 Å². The summed E-state index contributed by atoms with van der Waals surface area (Å²) in [5.41, 5.74) is 0.955. The van der Waals surface area contributed by atoms with Crippen LogP contribution in [0.5, 0.6) is 0 Å². The molecule has 0 radical (unpaired) electrons. The zero-order valence-corrected chi connectivity index (χ0v) is 12.5. The molecule has 100 valence electrons. The minimum Gasteiger partial charge on any atom is -0.481 e. The fourth-order valence-corrected chi connectivity index (χ4v) is 2.26. The van der Waals surface area contributed by atoms with Crippen molar-refractivity contribution in [1.29, 1.82) is 0 Å². The lowest BCUT2D eigenvalue weighted by atomic mass is 10.1. The Labute approximate surface area is 124 Å². The molecule has 0 spiro atoms. The van der Waals surface area contributed by atoms with E-state index in [0.29, 0.717) is 18.8 Å². The van der Waals surface area contributed by atoms with Crippen LogP contribution in [0.1, 0.15) is 13.3 Å². The molecule has 0 aliphatic carbocycles. The lowest BCUT2D eigenvalue weighted by Crippen LogP contribution is -2.14. The second kappa shape index (κ2) is 6.09. The summed E-state index contributed by atoms with van der Waals surface area (Å²) in [6, 6.07) is 7.81. The molecule has 1 aromatic carbocycles. The predicted octanol–water partition coefficient (Wildman–Crippen LogP) is 2.06. The number of tetrazole rings is 1. The van der Waals surface area contributed by atoms with E-state index < -0.39 is 11.9 Å². The molecule has 1 aromatic heterocycles. The van der Waals surface area contributed by atoms with Gasteiger partial charge in [-0.05, 0) is 45.5 Å². The van der Waals surface area contributed by atoms with Crippen molar-refractivity contribution < 1.29 is 9.90 Å². The number of aryl methyl sites for hydroxylation is 1. The van der Waals surface area contributed by atoms with Gasteiger partial charge in [0.1, 0.15) is 0 Å². The molecule has 2 rings (SSSR count). The van der Waals surface area contributed by atoms with Crippen LogP contribution in [-0.2, 0) is 11.3 Å². The number of aliphatic carboxylic acids is 1. The fourth-order valence-electron chi connectivity index (χ4n) is 1.63. The molecule has 1 heterocycles. The molecule has 7 heteroatoms. The van der Waals surface area contributed by atoms with Crippen molar-refractivity contribution in [1.82, 2.24) is 20.2 Å². The number of carboxylic acid groups (broad SMARTS) is 1. The van der Waals surface area contributed by atoms with Crippen LogP contribution in [0.3, 0.4) is 0 Å². The van der Waals surface area contributed by atoms with E-state index in [-0.39, 0.29) is 0 Å². The summed E-state index contributed by atoms with van der Waals surface area (Å²) in [6.07, 6.45) is 0.497. The molecule has 0 aliphatic rings. The molecule has 0 saturated carbocycles. The van der Waals surface area contributed by atoms with Gasteiger partial charge in [-0.1, -0.05) is 25.1 Å². The first-order valence-electron chi connectivity index (χ1n) is 5.83. The Balaban J connectivity index is 2.19. The summed E-state index contributed by atoms with van der Waals surface area (Å²) >= 11 is 2.23. The van der Waals surface area contributed by atoms with Crippen LogP contribution in [-0.4, -0.2) is 31.3 Å². The van der Waals surface area contributed by atoms with Crippen LogP contribution < -0.4 is 0 Å². The van der Waals surface area contributed by atoms with E-state index in [1.807, 2.05) is 24.3 Å². The number of hydrogen-bond acceptors (Lipinski definition) is 4. The van der Waals surface area contributed by atoms with Crippen molar-refractivity contribution in [3.05, 3.63) is 27.8 Å².